The second kappa shape index (κ2) is 13.1. The summed E-state index contributed by atoms with van der Waals surface area (Å²) in [5.41, 5.74) is 13.0. The van der Waals surface area contributed by atoms with E-state index in [0.29, 0.717) is 0 Å². The van der Waals surface area contributed by atoms with Gasteiger partial charge in [-0.25, -0.2) is 0 Å². The van der Waals surface area contributed by atoms with E-state index < -0.39 is 0 Å². The number of anilines is 2. The number of fused-ring (bicyclic) bond motifs is 7. The highest BCUT2D eigenvalue weighted by atomic mass is 15.0. The van der Waals surface area contributed by atoms with Gasteiger partial charge in [0.05, 0.1) is 16.7 Å². The second-order valence-electron chi connectivity index (χ2n) is 13.8. The summed E-state index contributed by atoms with van der Waals surface area (Å²) in [4.78, 5) is 0. The lowest BCUT2D eigenvalue weighted by molar-refractivity contribution is 1.19. The van der Waals surface area contributed by atoms with E-state index in [1.165, 1.54) is 50.0 Å². The number of nitrogens with zero attached hydrogens (tertiary/aromatic N) is 1. The quantitative estimate of drug-likeness (QED) is 0.127. The minimum Gasteiger partial charge on any atom is -0.355 e. The van der Waals surface area contributed by atoms with Crippen LogP contribution in [0.3, 0.4) is 0 Å². The lowest BCUT2D eigenvalue weighted by Gasteiger charge is -2.18. The van der Waals surface area contributed by atoms with E-state index in [9.17, 15) is 0 Å². The van der Waals surface area contributed by atoms with Crippen molar-refractivity contribution < 1.29 is 0 Å². The van der Waals surface area contributed by atoms with E-state index in [1.54, 1.807) is 0 Å². The van der Waals surface area contributed by atoms with Crippen LogP contribution >= 0.6 is 0 Å². The van der Waals surface area contributed by atoms with Crippen molar-refractivity contribution in [2.75, 3.05) is 5.32 Å². The van der Waals surface area contributed by atoms with Gasteiger partial charge in [0.25, 0.3) is 0 Å². The molecule has 0 saturated carbocycles. The molecule has 10 rings (SSSR count). The number of benzene rings is 9. The molecule has 2 N–H and O–H groups in total. The predicted octanol–water partition coefficient (Wildman–Crippen LogP) is 13.8. The average Bonchev–Trinajstić information content (AvgIpc) is 3.58. The maximum Gasteiger partial charge on any atom is 0.0626 e. The molecule has 54 heavy (non-hydrogen) atoms. The Morgan fingerprint density at radius 1 is 0.444 bits per heavy atom. The molecule has 0 aliphatic carbocycles. The standard InChI is InChI=1S/C51H35N3/c52-33-45-46(53-41-19-8-3-9-20-41)28-29-48-50(45)44-27-26-37-25-24-36-18-10-11-22-43(36)49(37)51(44)54(48)47-23-13-12-21-42(47)40-31-38(34-14-4-1-5-15-34)30-39(32-40)35-16-6-2-7-17-35/h1-33,52-53H. The van der Waals surface area contributed by atoms with Crippen molar-refractivity contribution in [1.82, 2.24) is 4.57 Å². The molecular formula is C51H35N3. The Hall–Kier alpha value is -7.23. The highest BCUT2D eigenvalue weighted by molar-refractivity contribution is 6.28. The summed E-state index contributed by atoms with van der Waals surface area (Å²) in [5, 5.41) is 19.4. The topological polar surface area (TPSA) is 40.8 Å². The summed E-state index contributed by atoms with van der Waals surface area (Å²) in [6.07, 6.45) is 1.51. The number of hydrogen-bond donors (Lipinski definition) is 2. The maximum atomic E-state index is 8.83. The number of para-hydroxylation sites is 2. The molecule has 0 saturated heterocycles. The maximum absolute atomic E-state index is 8.83. The zero-order chi connectivity index (χ0) is 36.0. The zero-order valence-electron chi connectivity index (χ0n) is 29.5. The van der Waals surface area contributed by atoms with Gasteiger partial charge in [0.2, 0.25) is 0 Å². The molecule has 10 aromatic rings. The molecule has 3 nitrogen and oxygen atoms in total. The number of hydrogen-bond acceptors (Lipinski definition) is 2. The lowest BCUT2D eigenvalue weighted by atomic mass is 9.92. The van der Waals surface area contributed by atoms with Crippen LogP contribution < -0.4 is 5.32 Å². The SMILES string of the molecule is N=Cc1c(Nc2ccccc2)ccc2c1c1ccc3ccc4ccccc4c3c1n2-c1ccccc1-c1cc(-c2ccccc2)cc(-c2ccccc2)c1. The van der Waals surface area contributed by atoms with Crippen LogP contribution in [0.15, 0.2) is 194 Å². The van der Waals surface area contributed by atoms with Gasteiger partial charge in [-0.3, -0.25) is 0 Å². The van der Waals surface area contributed by atoms with Gasteiger partial charge in [-0.2, -0.15) is 0 Å². The van der Waals surface area contributed by atoms with E-state index in [1.807, 2.05) is 18.2 Å². The third-order valence-corrected chi connectivity index (χ3v) is 10.6. The molecule has 0 amide bonds. The van der Waals surface area contributed by atoms with Crippen LogP contribution in [0.25, 0.3) is 82.4 Å². The molecule has 0 aliphatic heterocycles. The summed E-state index contributed by atoms with van der Waals surface area (Å²) in [6, 6.07) is 69.2. The fourth-order valence-electron chi connectivity index (χ4n) is 8.19. The average molecular weight is 690 g/mol. The number of nitrogens with one attached hydrogen (secondary N) is 2. The lowest BCUT2D eigenvalue weighted by Crippen LogP contribution is -2.00. The fourth-order valence-corrected chi connectivity index (χ4v) is 8.19. The van der Waals surface area contributed by atoms with E-state index in [0.717, 1.165) is 55.6 Å². The third-order valence-electron chi connectivity index (χ3n) is 10.6. The van der Waals surface area contributed by atoms with Crippen LogP contribution in [-0.2, 0) is 0 Å². The predicted molar refractivity (Wildman–Crippen MR) is 230 cm³/mol. The van der Waals surface area contributed by atoms with Crippen molar-refractivity contribution in [2.45, 2.75) is 0 Å². The third kappa shape index (κ3) is 5.25. The summed E-state index contributed by atoms with van der Waals surface area (Å²) >= 11 is 0. The van der Waals surface area contributed by atoms with Gasteiger partial charge >= 0.3 is 0 Å². The van der Waals surface area contributed by atoms with Crippen LogP contribution in [0.4, 0.5) is 11.4 Å². The second-order valence-corrected chi connectivity index (χ2v) is 13.8. The Kier molecular flexibility index (Phi) is 7.63. The number of rotatable bonds is 7. The van der Waals surface area contributed by atoms with E-state index in [-0.39, 0.29) is 0 Å². The van der Waals surface area contributed by atoms with Crippen LogP contribution in [0.5, 0.6) is 0 Å². The van der Waals surface area contributed by atoms with Gasteiger partial charge in [-0.05, 0) is 92.5 Å². The molecule has 9 aromatic carbocycles. The summed E-state index contributed by atoms with van der Waals surface area (Å²) in [7, 11) is 0. The van der Waals surface area contributed by atoms with Crippen LogP contribution in [-0.4, -0.2) is 10.8 Å². The summed E-state index contributed by atoms with van der Waals surface area (Å²) in [5.74, 6) is 0. The molecule has 0 radical (unpaired) electrons. The van der Waals surface area contributed by atoms with Crippen molar-refractivity contribution in [3.8, 4) is 39.1 Å². The highest BCUT2D eigenvalue weighted by Gasteiger charge is 2.22. The van der Waals surface area contributed by atoms with E-state index >= 15 is 0 Å². The molecule has 1 heterocycles. The summed E-state index contributed by atoms with van der Waals surface area (Å²) < 4.78 is 2.45. The molecule has 1 aromatic heterocycles. The molecule has 254 valence electrons. The Balaban J connectivity index is 1.32. The first kappa shape index (κ1) is 31.5. The van der Waals surface area contributed by atoms with Crippen molar-refractivity contribution in [3.05, 3.63) is 200 Å². The Morgan fingerprint density at radius 2 is 1.04 bits per heavy atom. The van der Waals surface area contributed by atoms with Gasteiger partial charge in [-0.15, -0.1) is 0 Å². The Bertz CT molecular complexity index is 2960. The van der Waals surface area contributed by atoms with Gasteiger partial charge < -0.3 is 15.3 Å². The zero-order valence-corrected chi connectivity index (χ0v) is 29.5. The molecule has 3 heteroatoms. The highest BCUT2D eigenvalue weighted by Crippen LogP contribution is 2.44. The molecule has 0 spiro atoms. The van der Waals surface area contributed by atoms with Gasteiger partial charge in [0.1, 0.15) is 0 Å². The van der Waals surface area contributed by atoms with Crippen LogP contribution in [0, 0.1) is 5.41 Å². The van der Waals surface area contributed by atoms with E-state index in [4.69, 9.17) is 5.41 Å². The first-order valence-electron chi connectivity index (χ1n) is 18.3. The van der Waals surface area contributed by atoms with Crippen molar-refractivity contribution in [1.29, 1.82) is 5.41 Å². The first-order valence-corrected chi connectivity index (χ1v) is 18.3. The van der Waals surface area contributed by atoms with Crippen LogP contribution in [0.1, 0.15) is 5.56 Å². The monoisotopic (exact) mass is 689 g/mol. The minimum atomic E-state index is 0.856. The molecule has 0 fully saturated rings. The largest absolute Gasteiger partial charge is 0.355 e. The molecule has 0 unspecified atom stereocenters. The molecule has 0 bridgehead atoms. The Labute approximate surface area is 313 Å². The molecule has 0 atom stereocenters. The van der Waals surface area contributed by atoms with Crippen LogP contribution in [0.2, 0.25) is 0 Å². The van der Waals surface area contributed by atoms with Crippen molar-refractivity contribution in [2.24, 2.45) is 0 Å². The molecular weight excluding hydrogens is 655 g/mol. The minimum absolute atomic E-state index is 0.856. The summed E-state index contributed by atoms with van der Waals surface area (Å²) in [6.45, 7) is 0. The normalized spacial score (nSPS) is 11.4. The van der Waals surface area contributed by atoms with Gasteiger partial charge in [-0.1, -0.05) is 146 Å². The first-order chi connectivity index (χ1) is 26.7. The molecule has 0 aliphatic rings. The van der Waals surface area contributed by atoms with Gasteiger partial charge in [0, 0.05) is 44.9 Å². The Morgan fingerprint density at radius 3 is 1.76 bits per heavy atom. The smallest absolute Gasteiger partial charge is 0.0626 e. The van der Waals surface area contributed by atoms with Gasteiger partial charge in [0.15, 0.2) is 0 Å². The van der Waals surface area contributed by atoms with Crippen molar-refractivity contribution >= 4 is 60.9 Å². The number of aromatic nitrogens is 1. The fraction of sp³-hybridized carbons (Fsp3) is 0. The van der Waals surface area contributed by atoms with Crippen molar-refractivity contribution in [3.63, 3.8) is 0 Å². The van der Waals surface area contributed by atoms with E-state index in [2.05, 4.69) is 186 Å².